The molecule has 4 aliphatic rings. The number of nitrogens with two attached hydrogens (primary N) is 1. The summed E-state index contributed by atoms with van der Waals surface area (Å²) in [6.07, 6.45) is 8.69. The molecule has 122 valence electrons. The van der Waals surface area contributed by atoms with Crippen molar-refractivity contribution >= 4 is 41.6 Å². The van der Waals surface area contributed by atoms with Gasteiger partial charge in [-0.1, -0.05) is 13.8 Å². The Balaban J connectivity index is 0.00000161. The monoisotopic (exact) mass is 350 g/mol. The lowest BCUT2D eigenvalue weighted by atomic mass is 9.45. The quantitative estimate of drug-likeness (QED) is 0.343. The number of thioether (sulfide) groups is 1. The minimum absolute atomic E-state index is 0. The van der Waals surface area contributed by atoms with E-state index >= 15 is 0 Å². The molecule has 4 fully saturated rings. The van der Waals surface area contributed by atoms with Crippen LogP contribution in [0.2, 0.25) is 0 Å². The molecule has 5 heteroatoms. The molecule has 21 heavy (non-hydrogen) atoms. The largest absolute Gasteiger partial charge is 0.386 e. The van der Waals surface area contributed by atoms with Crippen LogP contribution in [0, 0.1) is 16.7 Å². The third kappa shape index (κ3) is 3.67. The Kier molecular flexibility index (Phi) is 5.18. The molecule has 4 rings (SSSR count). The highest BCUT2D eigenvalue weighted by Gasteiger charge is 2.60. The first-order valence-electron chi connectivity index (χ1n) is 7.85. The molecule has 2 N–H and O–H groups in total. The van der Waals surface area contributed by atoms with Crippen molar-refractivity contribution in [2.45, 2.75) is 57.1 Å². The van der Waals surface area contributed by atoms with E-state index < -0.39 is 0 Å². The van der Waals surface area contributed by atoms with Crippen molar-refractivity contribution in [3.63, 3.8) is 0 Å². The Hall–Kier alpha value is 0.400. The molecule has 2 atom stereocenters. The van der Waals surface area contributed by atoms with Gasteiger partial charge in [0.1, 0.15) is 5.84 Å². The molecule has 0 saturated heterocycles. The second-order valence-corrected chi connectivity index (χ2v) is 10.00. The summed E-state index contributed by atoms with van der Waals surface area (Å²) < 4.78 is 0.536. The van der Waals surface area contributed by atoms with Crippen molar-refractivity contribution in [3.8, 4) is 0 Å². The third-order valence-electron chi connectivity index (χ3n) is 5.53. The summed E-state index contributed by atoms with van der Waals surface area (Å²) in [7, 11) is 0. The maximum atomic E-state index is 5.67. The lowest BCUT2D eigenvalue weighted by Crippen LogP contribution is -2.57. The Morgan fingerprint density at radius 3 is 2.33 bits per heavy atom. The van der Waals surface area contributed by atoms with E-state index in [1.165, 1.54) is 38.5 Å². The van der Waals surface area contributed by atoms with Gasteiger partial charge in [0.2, 0.25) is 0 Å². The van der Waals surface area contributed by atoms with Crippen molar-refractivity contribution < 1.29 is 0 Å². The van der Waals surface area contributed by atoms with Crippen LogP contribution in [0.25, 0.3) is 0 Å². The van der Waals surface area contributed by atoms with Gasteiger partial charge < -0.3 is 5.73 Å². The average molecular weight is 351 g/mol. The Morgan fingerprint density at radius 2 is 1.81 bits per heavy atom. The zero-order valence-corrected chi connectivity index (χ0v) is 15.5. The van der Waals surface area contributed by atoms with E-state index in [4.69, 9.17) is 17.3 Å². The van der Waals surface area contributed by atoms with Crippen LogP contribution in [0.5, 0.6) is 0 Å². The number of hydrogen-bond acceptors (Lipinski definition) is 2. The van der Waals surface area contributed by atoms with Gasteiger partial charge in [-0.15, -0.1) is 24.0 Å². The minimum Gasteiger partial charge on any atom is -0.386 e. The highest BCUT2D eigenvalue weighted by molar-refractivity contribution is 8.00. The van der Waals surface area contributed by atoms with Crippen LogP contribution in [0.15, 0.2) is 4.99 Å². The van der Waals surface area contributed by atoms with Crippen molar-refractivity contribution in [3.05, 3.63) is 0 Å². The summed E-state index contributed by atoms with van der Waals surface area (Å²) in [5.74, 6) is 3.01. The van der Waals surface area contributed by atoms with E-state index in [0.717, 1.165) is 18.2 Å². The van der Waals surface area contributed by atoms with Crippen molar-refractivity contribution in [2.75, 3.05) is 18.2 Å². The van der Waals surface area contributed by atoms with E-state index in [0.29, 0.717) is 27.3 Å². The van der Waals surface area contributed by atoms with E-state index in [1.807, 2.05) is 0 Å². The molecule has 0 spiro atoms. The molecule has 0 radical (unpaired) electrons. The van der Waals surface area contributed by atoms with Crippen LogP contribution in [-0.2, 0) is 0 Å². The Labute approximate surface area is 144 Å². The van der Waals surface area contributed by atoms with Gasteiger partial charge in [-0.2, -0.15) is 11.8 Å². The van der Waals surface area contributed by atoms with Gasteiger partial charge in [-0.3, -0.25) is 4.99 Å². The average Bonchev–Trinajstić information content (AvgIpc) is 2.29. The number of nitrogens with zero attached hydrogens (tertiary/aromatic N) is 1. The van der Waals surface area contributed by atoms with Gasteiger partial charge in [-0.05, 0) is 55.3 Å². The molecule has 0 aromatic carbocycles. The summed E-state index contributed by atoms with van der Waals surface area (Å²) in [6.45, 7) is 5.90. The fourth-order valence-electron chi connectivity index (χ4n) is 6.00. The molecule has 0 amide bonds. The van der Waals surface area contributed by atoms with Gasteiger partial charge >= 0.3 is 0 Å². The number of amidine groups is 1. The molecule has 0 aliphatic heterocycles. The van der Waals surface area contributed by atoms with E-state index in [1.54, 1.807) is 0 Å². The topological polar surface area (TPSA) is 38.4 Å². The van der Waals surface area contributed by atoms with Gasteiger partial charge in [0, 0.05) is 10.5 Å². The highest BCUT2D eigenvalue weighted by atomic mass is 35.5. The van der Waals surface area contributed by atoms with Crippen molar-refractivity contribution in [1.82, 2.24) is 0 Å². The standard InChI is InChI=1S/C16H27ClN2S.ClH/c1-14-5-12-6-15(2,9-14)11-16(7-12,10-14)20-4-3-19-13(18)8-17;/h12H,3-11H2,1-2H3,(H2,18,19);1H. The van der Waals surface area contributed by atoms with Crippen molar-refractivity contribution in [2.24, 2.45) is 27.5 Å². The van der Waals surface area contributed by atoms with Crippen LogP contribution in [0.1, 0.15) is 52.4 Å². The zero-order chi connectivity index (χ0) is 14.4. The lowest BCUT2D eigenvalue weighted by Gasteiger charge is -2.65. The fourth-order valence-corrected chi connectivity index (χ4v) is 7.95. The third-order valence-corrected chi connectivity index (χ3v) is 7.25. The zero-order valence-electron chi connectivity index (χ0n) is 13.2. The molecule has 4 saturated carbocycles. The summed E-state index contributed by atoms with van der Waals surface area (Å²) in [4.78, 5) is 4.34. The summed E-state index contributed by atoms with van der Waals surface area (Å²) >= 11 is 7.84. The molecular weight excluding hydrogens is 323 g/mol. The molecule has 0 aromatic rings. The molecule has 2 nitrogen and oxygen atoms in total. The molecule has 4 bridgehead atoms. The van der Waals surface area contributed by atoms with Gasteiger partial charge in [-0.25, -0.2) is 0 Å². The normalized spacial score (nSPS) is 44.7. The molecule has 4 aliphatic carbocycles. The van der Waals surface area contributed by atoms with Crippen LogP contribution < -0.4 is 5.73 Å². The first-order valence-corrected chi connectivity index (χ1v) is 9.37. The number of hydrogen-bond donors (Lipinski definition) is 1. The molecular formula is C16H28Cl2N2S. The highest BCUT2D eigenvalue weighted by Crippen LogP contribution is 2.69. The van der Waals surface area contributed by atoms with Gasteiger partial charge in [0.15, 0.2) is 0 Å². The van der Waals surface area contributed by atoms with E-state index in [9.17, 15) is 0 Å². The van der Waals surface area contributed by atoms with Crippen LogP contribution >= 0.6 is 35.8 Å². The molecule has 0 aromatic heterocycles. The lowest BCUT2D eigenvalue weighted by molar-refractivity contribution is -0.0777. The SMILES string of the molecule is CC12CC3CC(C)(C1)CC(SCCN=C(N)CCl)(C3)C2.Cl. The van der Waals surface area contributed by atoms with Gasteiger partial charge in [0.25, 0.3) is 0 Å². The summed E-state index contributed by atoms with van der Waals surface area (Å²) in [5.41, 5.74) is 6.89. The minimum atomic E-state index is 0. The van der Waals surface area contributed by atoms with Crippen LogP contribution in [0.4, 0.5) is 0 Å². The van der Waals surface area contributed by atoms with Crippen LogP contribution in [-0.4, -0.2) is 28.8 Å². The summed E-state index contributed by atoms with van der Waals surface area (Å²) in [5, 5.41) is 0. The van der Waals surface area contributed by atoms with E-state index in [2.05, 4.69) is 30.6 Å². The molecule has 0 heterocycles. The number of halogens is 2. The Morgan fingerprint density at radius 1 is 1.19 bits per heavy atom. The smallest absolute Gasteiger partial charge is 0.109 e. The first-order chi connectivity index (χ1) is 9.36. The first kappa shape index (κ1) is 17.7. The second-order valence-electron chi connectivity index (χ2n) is 8.17. The van der Waals surface area contributed by atoms with Crippen molar-refractivity contribution in [1.29, 1.82) is 0 Å². The van der Waals surface area contributed by atoms with Gasteiger partial charge in [0.05, 0.1) is 12.4 Å². The fraction of sp³-hybridized carbons (Fsp3) is 0.938. The maximum Gasteiger partial charge on any atom is 0.109 e. The maximum absolute atomic E-state index is 5.67. The predicted octanol–water partition coefficient (Wildman–Crippen LogP) is 4.49. The predicted molar refractivity (Wildman–Crippen MR) is 97.1 cm³/mol. The van der Waals surface area contributed by atoms with Crippen LogP contribution in [0.3, 0.4) is 0 Å². The second kappa shape index (κ2) is 6.13. The molecule has 2 unspecified atom stereocenters. The number of aliphatic imine (C=N–C) groups is 1. The van der Waals surface area contributed by atoms with E-state index in [-0.39, 0.29) is 12.4 Å². The summed E-state index contributed by atoms with van der Waals surface area (Å²) in [6, 6.07) is 0. The number of alkyl halides is 1. The Bertz CT molecular complexity index is 409. The number of rotatable bonds is 5.